The van der Waals surface area contributed by atoms with Crippen molar-refractivity contribution in [1.29, 1.82) is 0 Å². The largest absolute Gasteiger partial charge is 0.326 e. The summed E-state index contributed by atoms with van der Waals surface area (Å²) in [6, 6.07) is 0. The predicted octanol–water partition coefficient (Wildman–Crippen LogP) is 3.43. The molecule has 80 valence electrons. The molecule has 0 heterocycles. The van der Waals surface area contributed by atoms with Gasteiger partial charge in [0.05, 0.1) is 0 Å². The summed E-state index contributed by atoms with van der Waals surface area (Å²) >= 11 is 0. The average molecular weight is 185 g/mol. The molecule has 0 aromatic rings. The van der Waals surface area contributed by atoms with Gasteiger partial charge in [0.25, 0.3) is 0 Å². The lowest BCUT2D eigenvalue weighted by Crippen LogP contribution is -2.34. The summed E-state index contributed by atoms with van der Waals surface area (Å²) in [5.41, 5.74) is 5.98. The lowest BCUT2D eigenvalue weighted by atomic mass is 9.83. The van der Waals surface area contributed by atoms with E-state index in [0.29, 0.717) is 0 Å². The van der Waals surface area contributed by atoms with Crippen LogP contribution in [0.15, 0.2) is 0 Å². The first-order chi connectivity index (χ1) is 5.72. The van der Waals surface area contributed by atoms with Crippen molar-refractivity contribution in [2.24, 2.45) is 23.5 Å². The normalized spacial score (nSPS) is 17.5. The molecule has 0 radical (unpaired) electrons. The minimum Gasteiger partial charge on any atom is -0.326 e. The first-order valence-corrected chi connectivity index (χ1v) is 5.51. The highest BCUT2D eigenvalue weighted by molar-refractivity contribution is 4.76. The SMILES string of the molecule is CC(C)C(C)C[C@H](C)CC(C)(C)N. The van der Waals surface area contributed by atoms with Crippen LogP contribution in [0.1, 0.15) is 54.4 Å². The Bertz CT molecular complexity index is 133. The molecule has 0 rings (SSSR count). The van der Waals surface area contributed by atoms with E-state index in [0.717, 1.165) is 24.2 Å². The summed E-state index contributed by atoms with van der Waals surface area (Å²) in [6.45, 7) is 13.5. The van der Waals surface area contributed by atoms with Gasteiger partial charge in [-0.15, -0.1) is 0 Å². The zero-order chi connectivity index (χ0) is 10.6. The Labute approximate surface area is 84.1 Å². The van der Waals surface area contributed by atoms with Crippen molar-refractivity contribution in [2.75, 3.05) is 0 Å². The van der Waals surface area contributed by atoms with Crippen LogP contribution in [0.3, 0.4) is 0 Å². The van der Waals surface area contributed by atoms with Crippen molar-refractivity contribution in [2.45, 2.75) is 59.9 Å². The summed E-state index contributed by atoms with van der Waals surface area (Å²) in [5.74, 6) is 2.36. The topological polar surface area (TPSA) is 26.0 Å². The molecule has 0 aliphatic heterocycles. The molecule has 0 saturated carbocycles. The number of hydrogen-bond donors (Lipinski definition) is 1. The highest BCUT2D eigenvalue weighted by atomic mass is 14.7. The van der Waals surface area contributed by atoms with E-state index in [1.54, 1.807) is 0 Å². The predicted molar refractivity (Wildman–Crippen MR) is 60.7 cm³/mol. The quantitative estimate of drug-likeness (QED) is 0.697. The second-order valence-corrected chi connectivity index (χ2v) is 5.75. The lowest BCUT2D eigenvalue weighted by molar-refractivity contribution is 0.285. The van der Waals surface area contributed by atoms with E-state index in [1.165, 1.54) is 6.42 Å². The van der Waals surface area contributed by atoms with Gasteiger partial charge in [-0.1, -0.05) is 27.7 Å². The second kappa shape index (κ2) is 4.99. The number of hydrogen-bond acceptors (Lipinski definition) is 1. The average Bonchev–Trinajstić information content (AvgIpc) is 1.81. The van der Waals surface area contributed by atoms with Crippen LogP contribution in [0.5, 0.6) is 0 Å². The third-order valence-electron chi connectivity index (χ3n) is 2.79. The molecule has 0 saturated heterocycles. The third kappa shape index (κ3) is 7.06. The van der Waals surface area contributed by atoms with Crippen molar-refractivity contribution in [3.05, 3.63) is 0 Å². The van der Waals surface area contributed by atoms with E-state index in [2.05, 4.69) is 41.5 Å². The Balaban J connectivity index is 3.81. The van der Waals surface area contributed by atoms with Crippen LogP contribution in [0.2, 0.25) is 0 Å². The third-order valence-corrected chi connectivity index (χ3v) is 2.79. The van der Waals surface area contributed by atoms with Gasteiger partial charge in [-0.2, -0.15) is 0 Å². The molecule has 0 amide bonds. The molecule has 1 heteroatoms. The Morgan fingerprint density at radius 2 is 1.54 bits per heavy atom. The maximum atomic E-state index is 5.99. The van der Waals surface area contributed by atoms with Gasteiger partial charge >= 0.3 is 0 Å². The lowest BCUT2D eigenvalue weighted by Gasteiger charge is -2.26. The molecular weight excluding hydrogens is 158 g/mol. The fourth-order valence-corrected chi connectivity index (χ4v) is 1.89. The van der Waals surface area contributed by atoms with Gasteiger partial charge in [0.1, 0.15) is 0 Å². The van der Waals surface area contributed by atoms with Gasteiger partial charge in [0.2, 0.25) is 0 Å². The molecular formula is C12H27N. The van der Waals surface area contributed by atoms with Crippen molar-refractivity contribution in [3.8, 4) is 0 Å². The Morgan fingerprint density at radius 1 is 1.08 bits per heavy atom. The second-order valence-electron chi connectivity index (χ2n) is 5.75. The summed E-state index contributed by atoms with van der Waals surface area (Å²) < 4.78 is 0. The smallest absolute Gasteiger partial charge is 0.00995 e. The maximum Gasteiger partial charge on any atom is 0.00995 e. The van der Waals surface area contributed by atoms with E-state index in [9.17, 15) is 0 Å². The molecule has 0 fully saturated rings. The van der Waals surface area contributed by atoms with Crippen molar-refractivity contribution in [1.82, 2.24) is 0 Å². The summed E-state index contributed by atoms with van der Waals surface area (Å²) in [5, 5.41) is 0. The van der Waals surface area contributed by atoms with Gasteiger partial charge in [-0.05, 0) is 44.4 Å². The summed E-state index contributed by atoms with van der Waals surface area (Å²) in [4.78, 5) is 0. The molecule has 0 spiro atoms. The zero-order valence-electron chi connectivity index (χ0n) is 10.2. The van der Waals surface area contributed by atoms with E-state index in [4.69, 9.17) is 5.73 Å². The maximum absolute atomic E-state index is 5.99. The van der Waals surface area contributed by atoms with E-state index < -0.39 is 0 Å². The summed E-state index contributed by atoms with van der Waals surface area (Å²) in [7, 11) is 0. The van der Waals surface area contributed by atoms with Gasteiger partial charge in [-0.3, -0.25) is 0 Å². The fourth-order valence-electron chi connectivity index (χ4n) is 1.89. The zero-order valence-corrected chi connectivity index (χ0v) is 10.2. The monoisotopic (exact) mass is 185 g/mol. The van der Waals surface area contributed by atoms with Crippen molar-refractivity contribution in [3.63, 3.8) is 0 Å². The first kappa shape index (κ1) is 13.0. The van der Waals surface area contributed by atoms with Crippen LogP contribution in [0, 0.1) is 17.8 Å². The molecule has 0 aromatic heterocycles. The Hall–Kier alpha value is -0.0400. The molecule has 0 aliphatic carbocycles. The van der Waals surface area contributed by atoms with E-state index in [-0.39, 0.29) is 5.54 Å². The molecule has 2 N–H and O–H groups in total. The van der Waals surface area contributed by atoms with Crippen LogP contribution in [0.25, 0.3) is 0 Å². The van der Waals surface area contributed by atoms with E-state index in [1.807, 2.05) is 0 Å². The highest BCUT2D eigenvalue weighted by Gasteiger charge is 2.18. The molecule has 0 aliphatic rings. The van der Waals surface area contributed by atoms with Crippen LogP contribution in [0.4, 0.5) is 0 Å². The molecule has 0 aromatic carbocycles. The van der Waals surface area contributed by atoms with Crippen LogP contribution in [-0.4, -0.2) is 5.54 Å². The molecule has 13 heavy (non-hydrogen) atoms. The van der Waals surface area contributed by atoms with Gasteiger partial charge < -0.3 is 5.73 Å². The highest BCUT2D eigenvalue weighted by Crippen LogP contribution is 2.24. The standard InChI is InChI=1S/C12H27N/c1-9(2)11(4)7-10(3)8-12(5,6)13/h9-11H,7-8,13H2,1-6H3/t10-,11?/m0/s1. The van der Waals surface area contributed by atoms with E-state index >= 15 is 0 Å². The number of rotatable bonds is 5. The Kier molecular flexibility index (Phi) is 4.98. The van der Waals surface area contributed by atoms with Gasteiger partial charge in [0, 0.05) is 5.54 Å². The first-order valence-electron chi connectivity index (χ1n) is 5.51. The van der Waals surface area contributed by atoms with Gasteiger partial charge in [0.15, 0.2) is 0 Å². The summed E-state index contributed by atoms with van der Waals surface area (Å²) in [6.07, 6.45) is 2.43. The van der Waals surface area contributed by atoms with Crippen molar-refractivity contribution >= 4 is 0 Å². The van der Waals surface area contributed by atoms with Gasteiger partial charge in [-0.25, -0.2) is 0 Å². The molecule has 2 atom stereocenters. The van der Waals surface area contributed by atoms with Crippen LogP contribution in [-0.2, 0) is 0 Å². The molecule has 0 bridgehead atoms. The molecule has 1 nitrogen and oxygen atoms in total. The minimum atomic E-state index is -0.00385. The minimum absolute atomic E-state index is 0.00385. The number of nitrogens with two attached hydrogens (primary N) is 1. The molecule has 1 unspecified atom stereocenters. The Morgan fingerprint density at radius 3 is 1.85 bits per heavy atom. The fraction of sp³-hybridized carbons (Fsp3) is 1.00. The van der Waals surface area contributed by atoms with Crippen molar-refractivity contribution < 1.29 is 0 Å². The van der Waals surface area contributed by atoms with Crippen LogP contribution >= 0.6 is 0 Å². The van der Waals surface area contributed by atoms with Crippen LogP contribution < -0.4 is 5.73 Å².